The van der Waals surface area contributed by atoms with Crippen molar-refractivity contribution in [3.05, 3.63) is 53.4 Å². The second-order valence-electron chi connectivity index (χ2n) is 5.60. The van der Waals surface area contributed by atoms with Crippen molar-refractivity contribution in [1.29, 1.82) is 0 Å². The summed E-state index contributed by atoms with van der Waals surface area (Å²) in [7, 11) is 1.53. The number of aliphatic imine (C=N–C) groups is 1. The SMILES string of the molecule is CN=C(NCCNc1nccc(C(F)(F)F)n1)NCCc1cc(F)ccc1F.I. The summed E-state index contributed by atoms with van der Waals surface area (Å²) in [6, 6.07) is 4.04. The number of nitrogens with zero attached hydrogens (tertiary/aromatic N) is 3. The summed E-state index contributed by atoms with van der Waals surface area (Å²) >= 11 is 0. The zero-order chi connectivity index (χ0) is 20.6. The molecule has 1 aromatic carbocycles. The maximum Gasteiger partial charge on any atom is 0.433 e. The van der Waals surface area contributed by atoms with Gasteiger partial charge in [0.05, 0.1) is 0 Å². The van der Waals surface area contributed by atoms with E-state index in [-0.39, 0.29) is 48.5 Å². The highest BCUT2D eigenvalue weighted by Crippen LogP contribution is 2.27. The topological polar surface area (TPSA) is 74.2 Å². The summed E-state index contributed by atoms with van der Waals surface area (Å²) in [4.78, 5) is 11.1. The molecule has 0 saturated carbocycles. The van der Waals surface area contributed by atoms with Gasteiger partial charge < -0.3 is 16.0 Å². The molecule has 0 aliphatic carbocycles. The number of rotatable bonds is 7. The first kappa shape index (κ1) is 24.8. The Morgan fingerprint density at radius 1 is 1.07 bits per heavy atom. The molecule has 0 aliphatic heterocycles. The highest BCUT2D eigenvalue weighted by Gasteiger charge is 2.32. The summed E-state index contributed by atoms with van der Waals surface area (Å²) in [5.74, 6) is -0.733. The Hall–Kier alpha value is -2.25. The van der Waals surface area contributed by atoms with E-state index in [1.165, 1.54) is 7.05 Å². The molecule has 0 amide bonds. The monoisotopic (exact) mass is 530 g/mol. The van der Waals surface area contributed by atoms with Crippen LogP contribution in [0.15, 0.2) is 35.5 Å². The number of anilines is 1. The smallest absolute Gasteiger partial charge is 0.356 e. The summed E-state index contributed by atoms with van der Waals surface area (Å²) in [6.07, 6.45) is -3.26. The fraction of sp³-hybridized carbons (Fsp3) is 0.353. The maximum absolute atomic E-state index is 13.6. The normalized spacial score (nSPS) is 11.6. The predicted molar refractivity (Wildman–Crippen MR) is 110 cm³/mol. The van der Waals surface area contributed by atoms with E-state index in [1.54, 1.807) is 0 Å². The maximum atomic E-state index is 13.6. The van der Waals surface area contributed by atoms with Crippen LogP contribution in [-0.4, -0.2) is 42.6 Å². The van der Waals surface area contributed by atoms with Crippen LogP contribution in [0.25, 0.3) is 0 Å². The molecular weight excluding hydrogens is 510 g/mol. The lowest BCUT2D eigenvalue weighted by molar-refractivity contribution is -0.141. The van der Waals surface area contributed by atoms with Gasteiger partial charge in [-0.05, 0) is 36.2 Å². The van der Waals surface area contributed by atoms with Crippen molar-refractivity contribution in [3.63, 3.8) is 0 Å². The van der Waals surface area contributed by atoms with Gasteiger partial charge in [-0.3, -0.25) is 4.99 Å². The fourth-order valence-corrected chi connectivity index (χ4v) is 2.23. The fourth-order valence-electron chi connectivity index (χ4n) is 2.23. The molecule has 0 radical (unpaired) electrons. The predicted octanol–water partition coefficient (Wildman–Crippen LogP) is 3.21. The molecule has 2 aromatic rings. The second-order valence-corrected chi connectivity index (χ2v) is 5.60. The van der Waals surface area contributed by atoms with E-state index < -0.39 is 23.5 Å². The van der Waals surface area contributed by atoms with Crippen molar-refractivity contribution < 1.29 is 22.0 Å². The van der Waals surface area contributed by atoms with Gasteiger partial charge in [-0.2, -0.15) is 13.2 Å². The van der Waals surface area contributed by atoms with E-state index in [4.69, 9.17) is 0 Å². The quantitative estimate of drug-likeness (QED) is 0.169. The molecule has 1 aromatic heterocycles. The third kappa shape index (κ3) is 8.33. The second kappa shape index (κ2) is 11.7. The molecule has 0 saturated heterocycles. The van der Waals surface area contributed by atoms with Crippen LogP contribution in [-0.2, 0) is 12.6 Å². The summed E-state index contributed by atoms with van der Waals surface area (Å²) in [5.41, 5.74) is -0.786. The molecule has 1 heterocycles. The molecule has 160 valence electrons. The molecule has 0 bridgehead atoms. The molecule has 0 spiro atoms. The number of halogens is 6. The molecular formula is C17H20F5IN6. The first-order valence-electron chi connectivity index (χ1n) is 8.32. The van der Waals surface area contributed by atoms with Crippen molar-refractivity contribution >= 4 is 35.9 Å². The molecule has 12 heteroatoms. The first-order chi connectivity index (χ1) is 13.3. The minimum Gasteiger partial charge on any atom is -0.356 e. The van der Waals surface area contributed by atoms with Crippen LogP contribution in [0.3, 0.4) is 0 Å². The number of benzene rings is 1. The van der Waals surface area contributed by atoms with Crippen LogP contribution in [0, 0.1) is 11.6 Å². The molecule has 29 heavy (non-hydrogen) atoms. The standard InChI is InChI=1S/C17H19F5N6.HI/c1-23-15(24-6-4-11-10-12(18)2-3-13(11)19)26-8-9-27-16-25-7-5-14(28-16)17(20,21)22;/h2-3,5,7,10H,4,6,8-9H2,1H3,(H2,23,24,26)(H,25,27,28);1H. The average molecular weight is 530 g/mol. The summed E-state index contributed by atoms with van der Waals surface area (Å²) < 4.78 is 64.5. The van der Waals surface area contributed by atoms with Gasteiger partial charge in [0, 0.05) is 32.9 Å². The number of guanidine groups is 1. The molecule has 0 unspecified atom stereocenters. The molecule has 0 aliphatic rings. The zero-order valence-corrected chi connectivity index (χ0v) is 17.7. The Morgan fingerprint density at radius 2 is 1.79 bits per heavy atom. The molecule has 0 fully saturated rings. The van der Waals surface area contributed by atoms with Crippen molar-refractivity contribution in [2.45, 2.75) is 12.6 Å². The van der Waals surface area contributed by atoms with Crippen molar-refractivity contribution in [1.82, 2.24) is 20.6 Å². The Bertz CT molecular complexity index is 815. The van der Waals surface area contributed by atoms with Gasteiger partial charge in [-0.15, -0.1) is 24.0 Å². The third-order valence-corrected chi connectivity index (χ3v) is 3.56. The number of aromatic nitrogens is 2. The van der Waals surface area contributed by atoms with Gasteiger partial charge >= 0.3 is 6.18 Å². The van der Waals surface area contributed by atoms with Crippen LogP contribution in [0.4, 0.5) is 27.9 Å². The van der Waals surface area contributed by atoms with Crippen LogP contribution in [0.2, 0.25) is 0 Å². The minimum atomic E-state index is -4.54. The van der Waals surface area contributed by atoms with Gasteiger partial charge in [0.15, 0.2) is 5.96 Å². The number of alkyl halides is 3. The van der Waals surface area contributed by atoms with Gasteiger partial charge in [0.2, 0.25) is 5.95 Å². The molecule has 0 atom stereocenters. The number of hydrogen-bond acceptors (Lipinski definition) is 4. The van der Waals surface area contributed by atoms with Gasteiger partial charge in [-0.25, -0.2) is 18.7 Å². The van der Waals surface area contributed by atoms with E-state index in [0.29, 0.717) is 19.0 Å². The minimum absolute atomic E-state index is 0. The molecule has 3 N–H and O–H groups in total. The highest BCUT2D eigenvalue weighted by molar-refractivity contribution is 14.0. The van der Waals surface area contributed by atoms with Crippen molar-refractivity contribution in [2.24, 2.45) is 4.99 Å². The Kier molecular flexibility index (Phi) is 9.98. The number of nitrogens with one attached hydrogen (secondary N) is 3. The van der Waals surface area contributed by atoms with E-state index in [9.17, 15) is 22.0 Å². The van der Waals surface area contributed by atoms with Gasteiger partial charge in [0.1, 0.15) is 17.3 Å². The van der Waals surface area contributed by atoms with Gasteiger partial charge in [0.25, 0.3) is 0 Å². The summed E-state index contributed by atoms with van der Waals surface area (Å²) in [5, 5.41) is 8.54. The van der Waals surface area contributed by atoms with Gasteiger partial charge in [-0.1, -0.05) is 0 Å². The Morgan fingerprint density at radius 3 is 2.48 bits per heavy atom. The Balaban J connectivity index is 0.00000420. The lowest BCUT2D eigenvalue weighted by Crippen LogP contribution is -2.40. The number of hydrogen-bond donors (Lipinski definition) is 3. The average Bonchev–Trinajstić information content (AvgIpc) is 2.66. The van der Waals surface area contributed by atoms with Crippen LogP contribution in [0.1, 0.15) is 11.3 Å². The van der Waals surface area contributed by atoms with E-state index >= 15 is 0 Å². The third-order valence-electron chi connectivity index (χ3n) is 3.56. The Labute approximate surface area is 181 Å². The molecule has 6 nitrogen and oxygen atoms in total. The van der Waals surface area contributed by atoms with E-state index in [0.717, 1.165) is 30.5 Å². The lowest BCUT2D eigenvalue weighted by atomic mass is 10.1. The highest BCUT2D eigenvalue weighted by atomic mass is 127. The van der Waals surface area contributed by atoms with Crippen molar-refractivity contribution in [2.75, 3.05) is 32.0 Å². The van der Waals surface area contributed by atoms with Crippen molar-refractivity contribution in [3.8, 4) is 0 Å². The van der Waals surface area contributed by atoms with Crippen LogP contribution >= 0.6 is 24.0 Å². The lowest BCUT2D eigenvalue weighted by Gasteiger charge is -2.13. The summed E-state index contributed by atoms with van der Waals surface area (Å²) in [6.45, 7) is 0.859. The van der Waals surface area contributed by atoms with Crippen LogP contribution < -0.4 is 16.0 Å². The first-order valence-corrected chi connectivity index (χ1v) is 8.32. The molecule has 2 rings (SSSR count). The van der Waals surface area contributed by atoms with E-state index in [1.807, 2.05) is 0 Å². The zero-order valence-electron chi connectivity index (χ0n) is 15.4. The van der Waals surface area contributed by atoms with Crippen LogP contribution in [0.5, 0.6) is 0 Å². The van der Waals surface area contributed by atoms with E-state index in [2.05, 4.69) is 30.9 Å². The largest absolute Gasteiger partial charge is 0.433 e.